The molecule has 0 aromatic heterocycles. The summed E-state index contributed by atoms with van der Waals surface area (Å²) in [7, 11) is -3.76. The number of carbonyl (C=O) groups is 2. The first kappa shape index (κ1) is 28.0. The smallest absolute Gasteiger partial charge is 0.244 e. The maximum Gasteiger partial charge on any atom is 0.244 e. The number of halogens is 3. The van der Waals surface area contributed by atoms with Gasteiger partial charge in [-0.25, -0.2) is 8.42 Å². The molecule has 0 saturated heterocycles. The van der Waals surface area contributed by atoms with E-state index < -0.39 is 28.5 Å². The van der Waals surface area contributed by atoms with Crippen LogP contribution in [-0.2, 0) is 26.2 Å². The Bertz CT molecular complexity index is 1170. The highest BCUT2D eigenvalue weighted by Gasteiger charge is 2.31. The van der Waals surface area contributed by atoms with Crippen molar-refractivity contribution in [2.24, 2.45) is 0 Å². The van der Waals surface area contributed by atoms with Gasteiger partial charge in [-0.15, -0.1) is 0 Å². The van der Waals surface area contributed by atoms with Crippen LogP contribution in [0.5, 0.6) is 0 Å². The normalized spacial score (nSPS) is 15.0. The van der Waals surface area contributed by atoms with Crippen LogP contribution in [0.2, 0.25) is 10.0 Å². The van der Waals surface area contributed by atoms with E-state index in [0.717, 1.165) is 39.8 Å². The zero-order valence-corrected chi connectivity index (χ0v) is 24.0. The van der Waals surface area contributed by atoms with Gasteiger partial charge in [0.15, 0.2) is 0 Å². The summed E-state index contributed by atoms with van der Waals surface area (Å²) in [4.78, 5) is 28.0. The van der Waals surface area contributed by atoms with Gasteiger partial charge in [-0.05, 0) is 84.3 Å². The van der Waals surface area contributed by atoms with E-state index in [1.165, 1.54) is 4.90 Å². The summed E-state index contributed by atoms with van der Waals surface area (Å²) in [5.41, 5.74) is 1.05. The molecule has 1 aliphatic rings. The highest BCUT2D eigenvalue weighted by molar-refractivity contribution is 14.1. The first-order valence-electron chi connectivity index (χ1n) is 11.2. The molecule has 0 bridgehead atoms. The molecule has 1 fully saturated rings. The lowest BCUT2D eigenvalue weighted by molar-refractivity contribution is -0.139. The van der Waals surface area contributed by atoms with Gasteiger partial charge in [0.1, 0.15) is 12.6 Å². The number of nitrogens with zero attached hydrogens (tertiary/aromatic N) is 2. The van der Waals surface area contributed by atoms with Gasteiger partial charge in [0.05, 0.1) is 22.0 Å². The van der Waals surface area contributed by atoms with Gasteiger partial charge in [-0.3, -0.25) is 13.9 Å². The number of benzene rings is 2. The van der Waals surface area contributed by atoms with Crippen molar-refractivity contribution < 1.29 is 18.0 Å². The Morgan fingerprint density at radius 3 is 2.29 bits per heavy atom. The Hall–Kier alpha value is -1.56. The Kier molecular flexibility index (Phi) is 9.70. The van der Waals surface area contributed by atoms with E-state index in [2.05, 4.69) is 27.9 Å². The zero-order chi connectivity index (χ0) is 25.8. The predicted molar refractivity (Wildman–Crippen MR) is 148 cm³/mol. The zero-order valence-electron chi connectivity index (χ0n) is 19.5. The molecule has 0 radical (unpaired) electrons. The van der Waals surface area contributed by atoms with Crippen LogP contribution < -0.4 is 9.62 Å². The van der Waals surface area contributed by atoms with Crippen molar-refractivity contribution in [3.63, 3.8) is 0 Å². The summed E-state index contributed by atoms with van der Waals surface area (Å²) in [6, 6.07) is 11.1. The minimum Gasteiger partial charge on any atom is -0.352 e. The number of hydrogen-bond donors (Lipinski definition) is 1. The molecule has 7 nitrogen and oxygen atoms in total. The lowest BCUT2D eigenvalue weighted by Gasteiger charge is -2.32. The van der Waals surface area contributed by atoms with Crippen LogP contribution in [0.1, 0.15) is 38.2 Å². The Morgan fingerprint density at radius 2 is 1.71 bits per heavy atom. The van der Waals surface area contributed by atoms with Crippen molar-refractivity contribution in [2.45, 2.75) is 51.2 Å². The van der Waals surface area contributed by atoms with Gasteiger partial charge in [0.25, 0.3) is 0 Å². The van der Waals surface area contributed by atoms with E-state index in [1.807, 2.05) is 0 Å². The highest BCUT2D eigenvalue weighted by atomic mass is 127. The van der Waals surface area contributed by atoms with Gasteiger partial charge in [-0.2, -0.15) is 0 Å². The molecule has 11 heteroatoms. The Balaban J connectivity index is 1.88. The first-order chi connectivity index (χ1) is 16.5. The minimum absolute atomic E-state index is 0.0687. The topological polar surface area (TPSA) is 86.8 Å². The summed E-state index contributed by atoms with van der Waals surface area (Å²) in [5, 5.41) is 3.74. The third kappa shape index (κ3) is 7.71. The van der Waals surface area contributed by atoms with Crippen LogP contribution in [-0.4, -0.2) is 50.0 Å². The van der Waals surface area contributed by atoms with Crippen LogP contribution in [0, 0.1) is 3.57 Å². The SMILES string of the molecule is C[C@@H](C(=O)NC1CCCC1)N(Cc1ccc(Cl)c(Cl)c1)C(=O)CN(c1ccc(I)cc1)S(C)(=O)=O. The first-order valence-corrected chi connectivity index (χ1v) is 14.9. The second kappa shape index (κ2) is 12.1. The van der Waals surface area contributed by atoms with Gasteiger partial charge in [0, 0.05) is 16.2 Å². The van der Waals surface area contributed by atoms with Crippen molar-refractivity contribution in [3.8, 4) is 0 Å². The molecule has 1 aliphatic carbocycles. The van der Waals surface area contributed by atoms with Crippen molar-refractivity contribution in [3.05, 3.63) is 61.6 Å². The minimum atomic E-state index is -3.76. The number of carbonyl (C=O) groups excluding carboxylic acids is 2. The van der Waals surface area contributed by atoms with Crippen LogP contribution in [0.25, 0.3) is 0 Å². The highest BCUT2D eigenvalue weighted by Crippen LogP contribution is 2.25. The maximum absolute atomic E-state index is 13.6. The number of anilines is 1. The number of sulfonamides is 1. The van der Waals surface area contributed by atoms with E-state index in [-0.39, 0.29) is 18.5 Å². The molecule has 1 N–H and O–H groups in total. The van der Waals surface area contributed by atoms with E-state index in [4.69, 9.17) is 23.2 Å². The Labute approximate surface area is 230 Å². The second-order valence-corrected chi connectivity index (χ2v) is 12.6. The molecule has 2 aromatic carbocycles. The monoisotopic (exact) mass is 651 g/mol. The largest absolute Gasteiger partial charge is 0.352 e. The number of nitrogens with one attached hydrogen (secondary N) is 1. The third-order valence-corrected chi connectivity index (χ3v) is 8.60. The van der Waals surface area contributed by atoms with Crippen molar-refractivity contribution in [1.29, 1.82) is 0 Å². The van der Waals surface area contributed by atoms with Gasteiger partial charge >= 0.3 is 0 Å². The lowest BCUT2D eigenvalue weighted by atomic mass is 10.1. The molecule has 2 aromatic rings. The molecule has 0 unspecified atom stereocenters. The summed E-state index contributed by atoms with van der Waals surface area (Å²) in [6.45, 7) is 1.27. The average molecular weight is 652 g/mol. The van der Waals surface area contributed by atoms with E-state index in [9.17, 15) is 18.0 Å². The fourth-order valence-corrected chi connectivity index (χ4v) is 5.56. The van der Waals surface area contributed by atoms with Crippen LogP contribution in [0.15, 0.2) is 42.5 Å². The molecular formula is C24H28Cl2IN3O4S. The fraction of sp³-hybridized carbons (Fsp3) is 0.417. The molecule has 0 aliphatic heterocycles. The standard InChI is InChI=1S/C24H28Cl2IN3O4S/c1-16(24(32)28-19-5-3-4-6-19)29(14-17-7-12-21(25)22(26)13-17)23(31)15-30(35(2,33)34)20-10-8-18(27)9-11-20/h7-13,16,19H,3-6,14-15H2,1-2H3,(H,28,32)/t16-/m0/s1. The molecule has 0 spiro atoms. The number of rotatable bonds is 9. The second-order valence-electron chi connectivity index (χ2n) is 8.68. The van der Waals surface area contributed by atoms with Crippen molar-refractivity contribution in [1.82, 2.24) is 10.2 Å². The average Bonchev–Trinajstić information content (AvgIpc) is 3.30. The molecular weight excluding hydrogens is 624 g/mol. The molecule has 190 valence electrons. The summed E-state index contributed by atoms with van der Waals surface area (Å²) in [5.74, 6) is -0.778. The van der Waals surface area contributed by atoms with Gasteiger partial charge in [-0.1, -0.05) is 42.1 Å². The quantitative estimate of drug-likeness (QED) is 0.393. The number of amides is 2. The maximum atomic E-state index is 13.6. The van der Waals surface area contributed by atoms with Crippen LogP contribution in [0.3, 0.4) is 0 Å². The number of hydrogen-bond acceptors (Lipinski definition) is 4. The molecule has 1 saturated carbocycles. The fourth-order valence-electron chi connectivity index (χ4n) is 4.03. The van der Waals surface area contributed by atoms with Crippen LogP contribution in [0.4, 0.5) is 5.69 Å². The predicted octanol–water partition coefficient (Wildman–Crippen LogP) is 4.84. The summed E-state index contributed by atoms with van der Waals surface area (Å²) in [6.07, 6.45) is 4.99. The molecule has 3 rings (SSSR count). The summed E-state index contributed by atoms with van der Waals surface area (Å²) >= 11 is 14.3. The van der Waals surface area contributed by atoms with Crippen LogP contribution >= 0.6 is 45.8 Å². The lowest BCUT2D eigenvalue weighted by Crippen LogP contribution is -2.52. The van der Waals surface area contributed by atoms with Crippen molar-refractivity contribution in [2.75, 3.05) is 17.1 Å². The molecule has 1 atom stereocenters. The van der Waals surface area contributed by atoms with E-state index in [0.29, 0.717) is 21.3 Å². The van der Waals surface area contributed by atoms with Crippen molar-refractivity contribution >= 4 is 73.3 Å². The van der Waals surface area contributed by atoms with Gasteiger partial charge in [0.2, 0.25) is 21.8 Å². The van der Waals surface area contributed by atoms with Gasteiger partial charge < -0.3 is 10.2 Å². The molecule has 35 heavy (non-hydrogen) atoms. The molecule has 0 heterocycles. The third-order valence-electron chi connectivity index (χ3n) is 6.00. The van der Waals surface area contributed by atoms with E-state index >= 15 is 0 Å². The van der Waals surface area contributed by atoms with E-state index in [1.54, 1.807) is 49.4 Å². The summed E-state index contributed by atoms with van der Waals surface area (Å²) < 4.78 is 27.2. The molecule has 2 amide bonds. The Morgan fingerprint density at radius 1 is 1.09 bits per heavy atom.